The van der Waals surface area contributed by atoms with Crippen LogP contribution in [0.1, 0.15) is 0 Å². The van der Waals surface area contributed by atoms with Gasteiger partial charge < -0.3 is 39.7 Å². The van der Waals surface area contributed by atoms with Crippen molar-refractivity contribution in [2.75, 3.05) is 18.4 Å². The molecule has 11 nitrogen and oxygen atoms in total. The van der Waals surface area contributed by atoms with Gasteiger partial charge in [0.15, 0.2) is 0 Å². The van der Waals surface area contributed by atoms with Crippen LogP contribution >= 0.6 is 34.8 Å². The third-order valence-electron chi connectivity index (χ3n) is 4.23. The Balaban J connectivity index is 2.44. The summed E-state index contributed by atoms with van der Waals surface area (Å²) in [5.41, 5.74) is 8.86. The summed E-state index contributed by atoms with van der Waals surface area (Å²) in [6.45, 7) is -0.714. The molecule has 0 aromatic rings. The predicted molar refractivity (Wildman–Crippen MR) is 87.6 cm³/mol. The Morgan fingerprint density at radius 2 is 1.73 bits per heavy atom. The van der Waals surface area contributed by atoms with E-state index in [1.165, 1.54) is 0 Å². The van der Waals surface area contributed by atoms with E-state index in [1.807, 2.05) is 0 Å². The maximum absolute atomic E-state index is 10.3. The molecule has 14 heteroatoms. The SMILES string of the molecule is [N-]=[N+]=N[C@@]1(O[C@]2(CCl)O[C@H](CCl)[C@@H](O)[C@@H]2O)O[C@H](CO)[C@H](Cl)[C@H](O)[C@H]1O. The van der Waals surface area contributed by atoms with Gasteiger partial charge in [-0.05, 0) is 10.6 Å². The van der Waals surface area contributed by atoms with E-state index in [0.717, 1.165) is 0 Å². The molecule has 0 aromatic heterocycles. The predicted octanol–water partition coefficient (Wildman–Crippen LogP) is -1.02. The fourth-order valence-corrected chi connectivity index (χ4v) is 3.59. The maximum atomic E-state index is 10.3. The van der Waals surface area contributed by atoms with Crippen molar-refractivity contribution in [2.24, 2.45) is 5.11 Å². The van der Waals surface area contributed by atoms with Crippen LogP contribution < -0.4 is 0 Å². The Kier molecular flexibility index (Phi) is 7.22. The van der Waals surface area contributed by atoms with Crippen LogP contribution in [0, 0.1) is 0 Å². The minimum atomic E-state index is -2.66. The molecular formula is C12H18Cl3N3O8. The van der Waals surface area contributed by atoms with Gasteiger partial charge in [0.2, 0.25) is 5.79 Å². The molecule has 9 atom stereocenters. The second-order valence-corrected chi connectivity index (χ2v) is 6.91. The highest BCUT2D eigenvalue weighted by Gasteiger charge is 2.63. The summed E-state index contributed by atoms with van der Waals surface area (Å²) in [7, 11) is 0. The second kappa shape index (κ2) is 8.48. The maximum Gasteiger partial charge on any atom is 0.281 e. The van der Waals surface area contributed by atoms with E-state index >= 15 is 0 Å². The molecule has 0 amide bonds. The number of hydrogen-bond donors (Lipinski definition) is 5. The number of nitrogens with zero attached hydrogens (tertiary/aromatic N) is 3. The Labute approximate surface area is 162 Å². The highest BCUT2D eigenvalue weighted by Crippen LogP contribution is 2.43. The fourth-order valence-electron chi connectivity index (χ4n) is 2.80. The molecule has 0 unspecified atom stereocenters. The number of aliphatic hydroxyl groups is 5. The molecule has 2 rings (SSSR count). The number of alkyl halides is 3. The quantitative estimate of drug-likeness (QED) is 0.151. The number of hydrogen-bond acceptors (Lipinski definition) is 9. The van der Waals surface area contributed by atoms with E-state index in [2.05, 4.69) is 10.0 Å². The summed E-state index contributed by atoms with van der Waals surface area (Å²) in [4.78, 5) is 2.51. The lowest BCUT2D eigenvalue weighted by Gasteiger charge is -2.48. The molecule has 0 saturated carbocycles. The average molecular weight is 439 g/mol. The van der Waals surface area contributed by atoms with Gasteiger partial charge in [-0.3, -0.25) is 0 Å². The van der Waals surface area contributed by atoms with E-state index in [0.29, 0.717) is 0 Å². The lowest BCUT2D eigenvalue weighted by atomic mass is 9.98. The summed E-state index contributed by atoms with van der Waals surface area (Å²) < 4.78 is 16.1. The van der Waals surface area contributed by atoms with Gasteiger partial charge in [0.25, 0.3) is 5.91 Å². The van der Waals surface area contributed by atoms with Crippen LogP contribution in [0.2, 0.25) is 0 Å². The van der Waals surface area contributed by atoms with Gasteiger partial charge in [0.1, 0.15) is 36.6 Å². The zero-order chi connectivity index (χ0) is 19.7. The molecule has 26 heavy (non-hydrogen) atoms. The lowest BCUT2D eigenvalue weighted by Crippen LogP contribution is -2.67. The molecule has 0 radical (unpaired) electrons. The first kappa shape index (κ1) is 22.2. The molecule has 2 heterocycles. The van der Waals surface area contributed by atoms with Crippen molar-refractivity contribution in [3.8, 4) is 0 Å². The van der Waals surface area contributed by atoms with Crippen LogP contribution in [-0.2, 0) is 14.2 Å². The lowest BCUT2D eigenvalue weighted by molar-refractivity contribution is -0.410. The summed E-state index contributed by atoms with van der Waals surface area (Å²) in [6, 6.07) is 0. The number of halogens is 3. The van der Waals surface area contributed by atoms with Crippen LogP contribution in [0.3, 0.4) is 0 Å². The molecular weight excluding hydrogens is 421 g/mol. The highest BCUT2D eigenvalue weighted by molar-refractivity contribution is 6.21. The topological polar surface area (TPSA) is 178 Å². The van der Waals surface area contributed by atoms with Gasteiger partial charge in [-0.2, -0.15) is 0 Å². The Bertz CT molecular complexity index is 556. The number of ether oxygens (including phenoxy) is 3. The van der Waals surface area contributed by atoms with E-state index < -0.39 is 66.2 Å². The zero-order valence-corrected chi connectivity index (χ0v) is 15.4. The summed E-state index contributed by atoms with van der Waals surface area (Å²) in [6.07, 6.45) is -9.44. The van der Waals surface area contributed by atoms with Gasteiger partial charge in [0.05, 0.1) is 23.7 Å². The molecule has 2 saturated heterocycles. The molecule has 0 bridgehead atoms. The molecule has 2 aliphatic heterocycles. The van der Waals surface area contributed by atoms with Crippen molar-refractivity contribution in [3.63, 3.8) is 0 Å². The molecule has 150 valence electrons. The van der Waals surface area contributed by atoms with E-state index in [1.54, 1.807) is 0 Å². The van der Waals surface area contributed by atoms with Gasteiger partial charge in [0, 0.05) is 4.91 Å². The smallest absolute Gasteiger partial charge is 0.281 e. The van der Waals surface area contributed by atoms with Crippen LogP contribution in [-0.4, -0.2) is 97.6 Å². The van der Waals surface area contributed by atoms with Crippen LogP contribution in [0.4, 0.5) is 0 Å². The Morgan fingerprint density at radius 3 is 2.19 bits per heavy atom. The molecule has 0 aromatic carbocycles. The second-order valence-electron chi connectivity index (χ2n) is 5.83. The molecule has 0 aliphatic carbocycles. The monoisotopic (exact) mass is 437 g/mol. The van der Waals surface area contributed by atoms with E-state index in [9.17, 15) is 25.5 Å². The van der Waals surface area contributed by atoms with Crippen molar-refractivity contribution in [2.45, 2.75) is 53.7 Å². The van der Waals surface area contributed by atoms with E-state index in [4.69, 9.17) is 54.5 Å². The normalized spacial score (nSPS) is 49.0. The third kappa shape index (κ3) is 3.60. The molecule has 2 aliphatic rings. The molecule has 5 N–H and O–H groups in total. The van der Waals surface area contributed by atoms with Gasteiger partial charge >= 0.3 is 0 Å². The van der Waals surface area contributed by atoms with E-state index in [-0.39, 0.29) is 5.88 Å². The first-order chi connectivity index (χ1) is 12.2. The minimum Gasteiger partial charge on any atom is -0.394 e. The number of aliphatic hydroxyl groups excluding tert-OH is 5. The zero-order valence-electron chi connectivity index (χ0n) is 13.1. The first-order valence-corrected chi connectivity index (χ1v) is 8.93. The summed E-state index contributed by atoms with van der Waals surface area (Å²) in [5, 5.41) is 52.1. The van der Waals surface area contributed by atoms with Gasteiger partial charge in [-0.15, -0.1) is 34.8 Å². The standard InChI is InChI=1S/C12H18Cl3N3O8/c13-1-4-7(20)9(22)11(3-14,24-4)26-12(17-18-16)10(23)8(21)6(15)5(2-19)25-12/h4-10,19-23H,1-3H2/t4-,5-,6+,7-,8+,9+,10-,11+,12-/m1/s1. The average Bonchev–Trinajstić information content (AvgIpc) is 2.88. The van der Waals surface area contributed by atoms with Crippen LogP contribution in [0.5, 0.6) is 0 Å². The van der Waals surface area contributed by atoms with Gasteiger partial charge in [-0.25, -0.2) is 0 Å². The minimum absolute atomic E-state index is 0.232. The largest absolute Gasteiger partial charge is 0.394 e. The van der Waals surface area contributed by atoms with Crippen molar-refractivity contribution in [1.29, 1.82) is 0 Å². The van der Waals surface area contributed by atoms with Crippen molar-refractivity contribution >= 4 is 34.8 Å². The summed E-state index contributed by atoms with van der Waals surface area (Å²) in [5.74, 6) is -5.69. The number of azide groups is 1. The third-order valence-corrected chi connectivity index (χ3v) is 5.44. The van der Waals surface area contributed by atoms with Crippen molar-refractivity contribution in [1.82, 2.24) is 0 Å². The molecule has 0 spiro atoms. The Morgan fingerprint density at radius 1 is 1.08 bits per heavy atom. The van der Waals surface area contributed by atoms with Crippen LogP contribution in [0.15, 0.2) is 5.11 Å². The number of rotatable bonds is 6. The van der Waals surface area contributed by atoms with Crippen molar-refractivity contribution < 1.29 is 39.7 Å². The molecule has 2 fully saturated rings. The summed E-state index contributed by atoms with van der Waals surface area (Å²) >= 11 is 17.4. The highest BCUT2D eigenvalue weighted by atomic mass is 35.5. The Hall–Kier alpha value is -0.140. The van der Waals surface area contributed by atoms with Crippen molar-refractivity contribution in [3.05, 3.63) is 10.4 Å². The first-order valence-electron chi connectivity index (χ1n) is 7.43. The van der Waals surface area contributed by atoms with Crippen LogP contribution in [0.25, 0.3) is 10.4 Å². The fraction of sp³-hybridized carbons (Fsp3) is 1.00. The van der Waals surface area contributed by atoms with Gasteiger partial charge in [-0.1, -0.05) is 0 Å².